The van der Waals surface area contributed by atoms with Crippen LogP contribution in [0.2, 0.25) is 0 Å². The average Bonchev–Trinajstić information content (AvgIpc) is 3.03. The van der Waals surface area contributed by atoms with Crippen molar-refractivity contribution in [1.82, 2.24) is 20.5 Å². The Morgan fingerprint density at radius 1 is 1.14 bits per heavy atom. The van der Waals surface area contributed by atoms with E-state index in [2.05, 4.69) is 58.6 Å². The second kappa shape index (κ2) is 8.57. The van der Waals surface area contributed by atoms with Crippen molar-refractivity contribution >= 4 is 0 Å². The van der Waals surface area contributed by atoms with Crippen molar-refractivity contribution in [2.75, 3.05) is 6.54 Å². The summed E-state index contributed by atoms with van der Waals surface area (Å²) in [6.45, 7) is 5.44. The lowest BCUT2D eigenvalue weighted by molar-refractivity contribution is 0.554. The molecule has 2 N–H and O–H groups in total. The normalized spacial score (nSPS) is 12.5. The number of hydrogen-bond donors (Lipinski definition) is 2. The molecule has 4 nitrogen and oxygen atoms in total. The minimum Gasteiger partial charge on any atom is -0.310 e. The lowest BCUT2D eigenvalue weighted by Gasteiger charge is -2.14. The maximum atomic E-state index is 4.13. The molecule has 1 atom stereocenters. The number of aromatic nitrogens is 3. The zero-order valence-electron chi connectivity index (χ0n) is 13.1. The summed E-state index contributed by atoms with van der Waals surface area (Å²) in [5.41, 5.74) is 2.80. The molecule has 1 heterocycles. The van der Waals surface area contributed by atoms with Gasteiger partial charge in [-0.3, -0.25) is 5.10 Å². The maximum Gasteiger partial charge on any atom is 0.137 e. The van der Waals surface area contributed by atoms with Crippen LogP contribution in [0.15, 0.2) is 30.6 Å². The predicted molar refractivity (Wildman–Crippen MR) is 86.2 cm³/mol. The summed E-state index contributed by atoms with van der Waals surface area (Å²) in [5.74, 6) is 0.963. The lowest BCUT2D eigenvalue weighted by atomic mass is 10.0. The molecular formula is C17H26N4. The quantitative estimate of drug-likeness (QED) is 0.694. The third kappa shape index (κ3) is 5.31. The van der Waals surface area contributed by atoms with Gasteiger partial charge < -0.3 is 5.32 Å². The molecule has 1 aromatic carbocycles. The number of aryl methyl sites for hydroxylation is 2. The van der Waals surface area contributed by atoms with Crippen LogP contribution in [0.4, 0.5) is 0 Å². The van der Waals surface area contributed by atoms with E-state index in [1.807, 2.05) is 0 Å². The molecule has 0 amide bonds. The van der Waals surface area contributed by atoms with Crippen molar-refractivity contribution in [2.24, 2.45) is 0 Å². The van der Waals surface area contributed by atoms with Gasteiger partial charge in [-0.15, -0.1) is 0 Å². The zero-order valence-corrected chi connectivity index (χ0v) is 13.1. The molecule has 4 heteroatoms. The van der Waals surface area contributed by atoms with E-state index in [1.54, 1.807) is 6.33 Å². The number of H-pyrrole nitrogens is 1. The molecule has 1 aromatic heterocycles. The number of unbranched alkanes of at least 4 members (excludes halogenated alkanes) is 1. The highest BCUT2D eigenvalue weighted by molar-refractivity contribution is 5.24. The largest absolute Gasteiger partial charge is 0.310 e. The molecule has 0 aliphatic rings. The van der Waals surface area contributed by atoms with Gasteiger partial charge in [0.05, 0.1) is 0 Å². The standard InChI is InChI=1S/C17H26N4/c1-3-4-6-15-8-10-16(11-9-15)14(2)18-12-5-7-17-19-13-20-21-17/h8-11,13-14,18H,3-7,12H2,1-2H3,(H,19,20,21). The van der Waals surface area contributed by atoms with E-state index in [-0.39, 0.29) is 0 Å². The molecule has 2 rings (SSSR count). The van der Waals surface area contributed by atoms with Crippen molar-refractivity contribution in [3.63, 3.8) is 0 Å². The highest BCUT2D eigenvalue weighted by Crippen LogP contribution is 2.14. The Morgan fingerprint density at radius 3 is 2.62 bits per heavy atom. The monoisotopic (exact) mass is 286 g/mol. The fourth-order valence-electron chi connectivity index (χ4n) is 2.40. The minimum absolute atomic E-state index is 0.389. The second-order valence-electron chi connectivity index (χ2n) is 5.56. The van der Waals surface area contributed by atoms with Crippen LogP contribution in [-0.2, 0) is 12.8 Å². The van der Waals surface area contributed by atoms with E-state index < -0.39 is 0 Å². The van der Waals surface area contributed by atoms with Crippen LogP contribution >= 0.6 is 0 Å². The Kier molecular flexibility index (Phi) is 6.41. The zero-order chi connectivity index (χ0) is 14.9. The number of nitrogens with zero attached hydrogens (tertiary/aromatic N) is 2. The van der Waals surface area contributed by atoms with Crippen molar-refractivity contribution in [3.8, 4) is 0 Å². The third-order valence-electron chi connectivity index (χ3n) is 3.80. The van der Waals surface area contributed by atoms with Crippen LogP contribution < -0.4 is 5.32 Å². The van der Waals surface area contributed by atoms with Gasteiger partial charge in [0, 0.05) is 12.5 Å². The highest BCUT2D eigenvalue weighted by Gasteiger charge is 2.04. The molecule has 21 heavy (non-hydrogen) atoms. The topological polar surface area (TPSA) is 53.6 Å². The van der Waals surface area contributed by atoms with Gasteiger partial charge in [0.25, 0.3) is 0 Å². The van der Waals surface area contributed by atoms with Crippen LogP contribution in [0.25, 0.3) is 0 Å². The van der Waals surface area contributed by atoms with Gasteiger partial charge in [-0.2, -0.15) is 5.10 Å². The molecule has 0 fully saturated rings. The molecule has 114 valence electrons. The van der Waals surface area contributed by atoms with Crippen molar-refractivity contribution in [1.29, 1.82) is 0 Å². The molecule has 1 unspecified atom stereocenters. The number of rotatable bonds is 9. The van der Waals surface area contributed by atoms with Gasteiger partial charge in [-0.05, 0) is 43.9 Å². The molecule has 0 saturated carbocycles. The predicted octanol–water partition coefficient (Wildman–Crippen LogP) is 3.43. The first-order valence-corrected chi connectivity index (χ1v) is 7.96. The molecule has 0 aliphatic heterocycles. The van der Waals surface area contributed by atoms with Gasteiger partial charge in [-0.25, -0.2) is 4.98 Å². The van der Waals surface area contributed by atoms with Gasteiger partial charge in [-0.1, -0.05) is 37.6 Å². The minimum atomic E-state index is 0.389. The van der Waals surface area contributed by atoms with E-state index in [0.717, 1.165) is 25.2 Å². The van der Waals surface area contributed by atoms with Crippen LogP contribution in [0.5, 0.6) is 0 Å². The SMILES string of the molecule is CCCCc1ccc(C(C)NCCCc2ncn[nH]2)cc1. The molecule has 0 radical (unpaired) electrons. The summed E-state index contributed by atoms with van der Waals surface area (Å²) < 4.78 is 0. The fraction of sp³-hybridized carbons (Fsp3) is 0.529. The fourth-order valence-corrected chi connectivity index (χ4v) is 2.40. The van der Waals surface area contributed by atoms with E-state index in [4.69, 9.17) is 0 Å². The van der Waals surface area contributed by atoms with E-state index >= 15 is 0 Å². The van der Waals surface area contributed by atoms with Crippen molar-refractivity contribution < 1.29 is 0 Å². The van der Waals surface area contributed by atoms with E-state index in [9.17, 15) is 0 Å². The third-order valence-corrected chi connectivity index (χ3v) is 3.80. The average molecular weight is 286 g/mol. The second-order valence-corrected chi connectivity index (χ2v) is 5.56. The lowest BCUT2D eigenvalue weighted by Crippen LogP contribution is -2.20. The van der Waals surface area contributed by atoms with Gasteiger partial charge in [0.2, 0.25) is 0 Å². The van der Waals surface area contributed by atoms with Gasteiger partial charge in [0.1, 0.15) is 12.2 Å². The Hall–Kier alpha value is -1.68. The molecule has 0 bridgehead atoms. The Labute approximate surface area is 127 Å². The van der Waals surface area contributed by atoms with Crippen LogP contribution in [-0.4, -0.2) is 21.7 Å². The molecule has 0 aliphatic carbocycles. The summed E-state index contributed by atoms with van der Waals surface area (Å²) in [5, 5.41) is 10.3. The van der Waals surface area contributed by atoms with E-state index in [1.165, 1.54) is 30.4 Å². The van der Waals surface area contributed by atoms with Crippen LogP contribution in [0.3, 0.4) is 0 Å². The summed E-state index contributed by atoms with van der Waals surface area (Å²) in [7, 11) is 0. The van der Waals surface area contributed by atoms with Crippen molar-refractivity contribution in [3.05, 3.63) is 47.5 Å². The molecule has 2 aromatic rings. The Morgan fingerprint density at radius 2 is 1.95 bits per heavy atom. The highest BCUT2D eigenvalue weighted by atomic mass is 15.2. The van der Waals surface area contributed by atoms with Crippen LogP contribution in [0, 0.1) is 0 Å². The summed E-state index contributed by atoms with van der Waals surface area (Å²) >= 11 is 0. The maximum absolute atomic E-state index is 4.13. The Balaban J connectivity index is 1.71. The number of benzene rings is 1. The molecule has 0 saturated heterocycles. The number of nitrogens with one attached hydrogen (secondary N) is 2. The van der Waals surface area contributed by atoms with Gasteiger partial charge in [0.15, 0.2) is 0 Å². The van der Waals surface area contributed by atoms with Gasteiger partial charge >= 0.3 is 0 Å². The summed E-state index contributed by atoms with van der Waals surface area (Å²) in [6, 6.07) is 9.41. The number of hydrogen-bond acceptors (Lipinski definition) is 3. The molecule has 0 spiro atoms. The molecular weight excluding hydrogens is 260 g/mol. The van der Waals surface area contributed by atoms with Crippen molar-refractivity contribution in [2.45, 2.75) is 52.0 Å². The summed E-state index contributed by atoms with van der Waals surface area (Å²) in [4.78, 5) is 4.13. The van der Waals surface area contributed by atoms with E-state index in [0.29, 0.717) is 6.04 Å². The first-order valence-electron chi connectivity index (χ1n) is 7.96. The first kappa shape index (κ1) is 15.7. The Bertz CT molecular complexity index is 490. The number of aromatic amines is 1. The van der Waals surface area contributed by atoms with Crippen LogP contribution in [0.1, 0.15) is 56.1 Å². The summed E-state index contributed by atoms with van der Waals surface area (Å²) in [6.07, 6.45) is 7.28. The first-order chi connectivity index (χ1) is 10.3. The smallest absolute Gasteiger partial charge is 0.137 e.